The van der Waals surface area contributed by atoms with Crippen molar-refractivity contribution in [3.8, 4) is 0 Å². The van der Waals surface area contributed by atoms with Gasteiger partial charge in [0, 0.05) is 12.6 Å². The van der Waals surface area contributed by atoms with Gasteiger partial charge in [0.25, 0.3) is 6.01 Å². The van der Waals surface area contributed by atoms with Crippen LogP contribution < -0.4 is 5.73 Å². The molecule has 6 nitrogen and oxygen atoms in total. The Labute approximate surface area is 113 Å². The highest BCUT2D eigenvalue weighted by Gasteiger charge is 2.07. The lowest BCUT2D eigenvalue weighted by Gasteiger charge is -2.00. The lowest BCUT2D eigenvalue weighted by Crippen LogP contribution is -1.97. The third-order valence-corrected chi connectivity index (χ3v) is 3.20. The predicted octanol–water partition coefficient (Wildman–Crippen LogP) is 2.04. The van der Waals surface area contributed by atoms with E-state index in [1.54, 1.807) is 6.20 Å². The van der Waals surface area contributed by atoms with Gasteiger partial charge in [0.05, 0.1) is 11.9 Å². The van der Waals surface area contributed by atoms with Crippen molar-refractivity contribution < 1.29 is 4.42 Å². The molecule has 0 unspecified atom stereocenters. The molecule has 0 saturated carbocycles. The van der Waals surface area contributed by atoms with Crippen molar-refractivity contribution in [3.05, 3.63) is 54.0 Å². The molecule has 1 aromatic carbocycles. The number of nitrogen functional groups attached to an aromatic ring is 1. The number of imidazole rings is 1. The van der Waals surface area contributed by atoms with E-state index in [0.29, 0.717) is 12.0 Å². The summed E-state index contributed by atoms with van der Waals surface area (Å²) in [5.74, 6) is 0. The van der Waals surface area contributed by atoms with Crippen LogP contribution in [-0.4, -0.2) is 19.6 Å². The van der Waals surface area contributed by atoms with Crippen molar-refractivity contribution in [1.29, 1.82) is 0 Å². The molecule has 0 saturated heterocycles. The van der Waals surface area contributed by atoms with E-state index in [1.165, 1.54) is 0 Å². The molecule has 0 aliphatic carbocycles. The summed E-state index contributed by atoms with van der Waals surface area (Å²) < 4.78 is 7.18. The fourth-order valence-corrected chi connectivity index (χ4v) is 2.30. The summed E-state index contributed by atoms with van der Waals surface area (Å²) in [6, 6.07) is 9.84. The topological polar surface area (TPSA) is 82.2 Å². The lowest BCUT2D eigenvalue weighted by molar-refractivity contribution is 0.626. The third-order valence-electron chi connectivity index (χ3n) is 3.20. The summed E-state index contributed by atoms with van der Waals surface area (Å²) in [5, 5.41) is 4.30. The van der Waals surface area contributed by atoms with Gasteiger partial charge < -0.3 is 10.2 Å². The zero-order valence-electron chi connectivity index (χ0n) is 10.5. The Morgan fingerprint density at radius 1 is 1.25 bits per heavy atom. The molecule has 0 amide bonds. The van der Waals surface area contributed by atoms with E-state index >= 15 is 0 Å². The normalized spacial score (nSPS) is 11.4. The minimum absolute atomic E-state index is 0.189. The highest BCUT2D eigenvalue weighted by molar-refractivity contribution is 5.75. The fraction of sp³-hybridized carbons (Fsp3) is 0.0714. The molecule has 3 aromatic heterocycles. The number of benzene rings is 1. The summed E-state index contributed by atoms with van der Waals surface area (Å²) in [6.45, 7) is 0. The molecule has 0 aliphatic heterocycles. The van der Waals surface area contributed by atoms with Gasteiger partial charge in [-0.1, -0.05) is 6.07 Å². The molecule has 4 aromatic rings. The summed E-state index contributed by atoms with van der Waals surface area (Å²) in [7, 11) is 0. The van der Waals surface area contributed by atoms with Gasteiger partial charge in [-0.2, -0.15) is 10.1 Å². The van der Waals surface area contributed by atoms with Gasteiger partial charge in [0.2, 0.25) is 0 Å². The first-order valence-corrected chi connectivity index (χ1v) is 6.22. The summed E-state index contributed by atoms with van der Waals surface area (Å²) in [6.07, 6.45) is 4.30. The fourth-order valence-electron chi connectivity index (χ4n) is 2.30. The van der Waals surface area contributed by atoms with E-state index in [-0.39, 0.29) is 6.01 Å². The molecular weight excluding hydrogens is 254 g/mol. The molecule has 20 heavy (non-hydrogen) atoms. The second-order valence-electron chi connectivity index (χ2n) is 4.57. The van der Waals surface area contributed by atoms with Crippen LogP contribution in [0.2, 0.25) is 0 Å². The quantitative estimate of drug-likeness (QED) is 0.599. The first kappa shape index (κ1) is 11.0. The highest BCUT2D eigenvalue weighted by Crippen LogP contribution is 2.20. The van der Waals surface area contributed by atoms with Crippen LogP contribution in [0, 0.1) is 0 Å². The summed E-state index contributed by atoms with van der Waals surface area (Å²) in [5.41, 5.74) is 9.97. The molecule has 0 fully saturated rings. The van der Waals surface area contributed by atoms with E-state index in [9.17, 15) is 0 Å². The maximum absolute atomic E-state index is 5.55. The van der Waals surface area contributed by atoms with Crippen LogP contribution in [0.25, 0.3) is 16.7 Å². The Balaban J connectivity index is 1.76. The van der Waals surface area contributed by atoms with Gasteiger partial charge in [-0.3, -0.25) is 0 Å². The number of hydrogen-bond donors (Lipinski definition) is 1. The SMILES string of the molecule is Nc1nc2ccc(Cc3cnc4cccnn34)cc2o1. The first-order valence-electron chi connectivity index (χ1n) is 6.22. The van der Waals surface area contributed by atoms with Crippen molar-refractivity contribution in [3.63, 3.8) is 0 Å². The van der Waals surface area contributed by atoms with Crippen LogP contribution in [0.15, 0.2) is 47.1 Å². The van der Waals surface area contributed by atoms with E-state index in [1.807, 2.05) is 41.0 Å². The summed E-state index contributed by atoms with van der Waals surface area (Å²) >= 11 is 0. The molecule has 98 valence electrons. The highest BCUT2D eigenvalue weighted by atomic mass is 16.4. The third kappa shape index (κ3) is 1.70. The smallest absolute Gasteiger partial charge is 0.292 e. The van der Waals surface area contributed by atoms with E-state index in [2.05, 4.69) is 15.1 Å². The molecule has 0 aliphatic rings. The van der Waals surface area contributed by atoms with Crippen molar-refractivity contribution in [2.45, 2.75) is 6.42 Å². The number of nitrogens with zero attached hydrogens (tertiary/aromatic N) is 4. The molecular formula is C14H11N5O. The van der Waals surface area contributed by atoms with Crippen LogP contribution in [0.4, 0.5) is 6.01 Å². The zero-order chi connectivity index (χ0) is 13.5. The lowest BCUT2D eigenvalue weighted by atomic mass is 10.1. The minimum Gasteiger partial charge on any atom is -0.424 e. The average molecular weight is 265 g/mol. The summed E-state index contributed by atoms with van der Waals surface area (Å²) in [4.78, 5) is 8.41. The first-order chi connectivity index (χ1) is 9.79. The Kier molecular flexibility index (Phi) is 2.23. The standard InChI is InChI=1S/C14H11N5O/c15-14-18-11-4-3-9(7-12(11)20-14)6-10-8-16-13-2-1-5-17-19(10)13/h1-5,7-8H,6H2,(H2,15,18). The molecule has 2 N–H and O–H groups in total. The number of rotatable bonds is 2. The van der Waals surface area contributed by atoms with Crippen LogP contribution in [0.5, 0.6) is 0 Å². The van der Waals surface area contributed by atoms with Crippen molar-refractivity contribution in [1.82, 2.24) is 19.6 Å². The Morgan fingerprint density at radius 2 is 2.20 bits per heavy atom. The molecule has 0 spiro atoms. The van der Waals surface area contributed by atoms with E-state index in [0.717, 1.165) is 22.4 Å². The van der Waals surface area contributed by atoms with Gasteiger partial charge in [-0.15, -0.1) is 0 Å². The average Bonchev–Trinajstić information content (AvgIpc) is 3.02. The van der Waals surface area contributed by atoms with Crippen LogP contribution in [-0.2, 0) is 6.42 Å². The molecule has 0 atom stereocenters. The van der Waals surface area contributed by atoms with Crippen molar-refractivity contribution >= 4 is 22.8 Å². The van der Waals surface area contributed by atoms with Gasteiger partial charge in [-0.25, -0.2) is 9.50 Å². The van der Waals surface area contributed by atoms with E-state index < -0.39 is 0 Å². The number of oxazole rings is 1. The van der Waals surface area contributed by atoms with Crippen molar-refractivity contribution in [2.75, 3.05) is 5.73 Å². The predicted molar refractivity (Wildman–Crippen MR) is 74.2 cm³/mol. The number of hydrogen-bond acceptors (Lipinski definition) is 5. The maximum Gasteiger partial charge on any atom is 0.292 e. The van der Waals surface area contributed by atoms with E-state index in [4.69, 9.17) is 10.2 Å². The Bertz CT molecular complexity index is 908. The second-order valence-corrected chi connectivity index (χ2v) is 4.57. The number of nitrogens with two attached hydrogens (primary N) is 1. The number of anilines is 1. The molecule has 4 rings (SSSR count). The largest absolute Gasteiger partial charge is 0.424 e. The number of fused-ring (bicyclic) bond motifs is 2. The number of aromatic nitrogens is 4. The van der Waals surface area contributed by atoms with Crippen LogP contribution in [0.1, 0.15) is 11.3 Å². The monoisotopic (exact) mass is 265 g/mol. The van der Waals surface area contributed by atoms with Gasteiger partial charge >= 0.3 is 0 Å². The van der Waals surface area contributed by atoms with Gasteiger partial charge in [-0.05, 0) is 29.8 Å². The molecule has 0 radical (unpaired) electrons. The maximum atomic E-state index is 5.55. The van der Waals surface area contributed by atoms with Crippen LogP contribution >= 0.6 is 0 Å². The molecule has 0 bridgehead atoms. The second kappa shape index (κ2) is 4.06. The van der Waals surface area contributed by atoms with Crippen molar-refractivity contribution in [2.24, 2.45) is 0 Å². The molecule has 3 heterocycles. The molecule has 6 heteroatoms. The Hall–Kier alpha value is -2.89. The zero-order valence-corrected chi connectivity index (χ0v) is 10.5. The van der Waals surface area contributed by atoms with Gasteiger partial charge in [0.1, 0.15) is 5.52 Å². The van der Waals surface area contributed by atoms with Crippen LogP contribution in [0.3, 0.4) is 0 Å². The van der Waals surface area contributed by atoms with Gasteiger partial charge in [0.15, 0.2) is 11.2 Å². The minimum atomic E-state index is 0.189. The Morgan fingerprint density at radius 3 is 3.15 bits per heavy atom.